The average Bonchev–Trinajstić information content (AvgIpc) is 2.88. The fourth-order valence-corrected chi connectivity index (χ4v) is 1.91. The lowest BCUT2D eigenvalue weighted by atomic mass is 10.1. The lowest BCUT2D eigenvalue weighted by molar-refractivity contribution is 0.457. The molecule has 2 aromatic rings. The van der Waals surface area contributed by atoms with Crippen molar-refractivity contribution >= 4 is 0 Å². The van der Waals surface area contributed by atoms with E-state index in [1.165, 1.54) is 0 Å². The van der Waals surface area contributed by atoms with E-state index in [1.54, 1.807) is 6.20 Å². The third-order valence-corrected chi connectivity index (χ3v) is 3.10. The number of aromatic nitrogens is 3. The highest BCUT2D eigenvalue weighted by Gasteiger charge is 2.07. The fraction of sp³-hybridized carbons (Fsp3) is 0.467. The Morgan fingerprint density at radius 2 is 2.05 bits per heavy atom. The first-order valence-electron chi connectivity index (χ1n) is 7.01. The molecule has 0 amide bonds. The van der Waals surface area contributed by atoms with E-state index in [9.17, 15) is 0 Å². The van der Waals surface area contributed by atoms with E-state index in [2.05, 4.69) is 43.1 Å². The maximum Gasteiger partial charge on any atom is 0.219 e. The molecule has 1 N–H and O–H groups in total. The minimum absolute atomic E-state index is 0.297. The lowest BCUT2D eigenvalue weighted by Gasteiger charge is -2.12. The van der Waals surface area contributed by atoms with Crippen molar-refractivity contribution in [1.29, 1.82) is 0 Å². The van der Waals surface area contributed by atoms with Gasteiger partial charge in [-0.05, 0) is 32.9 Å². The molecule has 0 aliphatic heterocycles. The van der Waals surface area contributed by atoms with Crippen LogP contribution in [0, 0.1) is 0 Å². The maximum absolute atomic E-state index is 5.69. The minimum atomic E-state index is 0.297. The van der Waals surface area contributed by atoms with E-state index in [0.717, 1.165) is 12.1 Å². The van der Waals surface area contributed by atoms with Crippen molar-refractivity contribution in [1.82, 2.24) is 20.1 Å². The van der Waals surface area contributed by atoms with Gasteiger partial charge in [-0.2, -0.15) is 5.10 Å². The van der Waals surface area contributed by atoms with E-state index >= 15 is 0 Å². The lowest BCUT2D eigenvalue weighted by Crippen LogP contribution is -2.17. The number of pyridine rings is 1. The van der Waals surface area contributed by atoms with Crippen LogP contribution in [-0.2, 0) is 0 Å². The Labute approximate surface area is 120 Å². The predicted molar refractivity (Wildman–Crippen MR) is 79.0 cm³/mol. The van der Waals surface area contributed by atoms with Crippen LogP contribution in [-0.4, -0.2) is 21.3 Å². The first kappa shape index (κ1) is 14.5. The molecular weight excluding hydrogens is 252 g/mol. The number of nitrogens with zero attached hydrogens (tertiary/aromatic N) is 3. The SMILES string of the molecule is CCNC(C)c1ccc(Oc2cnn(C(C)C)c2)nc1. The molecule has 0 aliphatic rings. The highest BCUT2D eigenvalue weighted by Crippen LogP contribution is 2.21. The molecule has 0 saturated heterocycles. The van der Waals surface area contributed by atoms with Crippen molar-refractivity contribution in [3.8, 4) is 11.6 Å². The van der Waals surface area contributed by atoms with Gasteiger partial charge in [0.15, 0.2) is 5.75 Å². The molecule has 0 spiro atoms. The minimum Gasteiger partial charge on any atom is -0.436 e. The van der Waals surface area contributed by atoms with Crippen LogP contribution < -0.4 is 10.1 Å². The Balaban J connectivity index is 2.02. The van der Waals surface area contributed by atoms with Crippen molar-refractivity contribution in [2.75, 3.05) is 6.54 Å². The number of hydrogen-bond acceptors (Lipinski definition) is 4. The van der Waals surface area contributed by atoms with Crippen LogP contribution in [0.25, 0.3) is 0 Å². The molecule has 108 valence electrons. The standard InChI is InChI=1S/C15H22N4O/c1-5-16-12(4)13-6-7-15(17-8-13)20-14-9-18-19(10-14)11(2)3/h6-12,16H,5H2,1-4H3. The van der Waals surface area contributed by atoms with Gasteiger partial charge in [0.2, 0.25) is 5.88 Å². The van der Waals surface area contributed by atoms with Gasteiger partial charge < -0.3 is 10.1 Å². The molecule has 2 rings (SSSR count). The molecule has 0 aromatic carbocycles. The summed E-state index contributed by atoms with van der Waals surface area (Å²) in [6, 6.07) is 4.53. The van der Waals surface area contributed by atoms with Crippen LogP contribution in [0.4, 0.5) is 0 Å². The Hall–Kier alpha value is -1.88. The van der Waals surface area contributed by atoms with Crippen LogP contribution in [0.15, 0.2) is 30.7 Å². The summed E-state index contributed by atoms with van der Waals surface area (Å²) in [5.41, 5.74) is 1.15. The van der Waals surface area contributed by atoms with Gasteiger partial charge in [0.25, 0.3) is 0 Å². The van der Waals surface area contributed by atoms with Gasteiger partial charge in [-0.25, -0.2) is 4.98 Å². The zero-order valence-electron chi connectivity index (χ0n) is 12.5. The van der Waals surface area contributed by atoms with Crippen LogP contribution in [0.1, 0.15) is 45.3 Å². The third kappa shape index (κ3) is 3.57. The molecule has 0 fully saturated rings. The summed E-state index contributed by atoms with van der Waals surface area (Å²) in [5, 5.41) is 7.59. The van der Waals surface area contributed by atoms with E-state index in [4.69, 9.17) is 4.74 Å². The topological polar surface area (TPSA) is 52.0 Å². The zero-order valence-corrected chi connectivity index (χ0v) is 12.5. The fourth-order valence-electron chi connectivity index (χ4n) is 1.91. The summed E-state index contributed by atoms with van der Waals surface area (Å²) in [6.07, 6.45) is 5.42. The van der Waals surface area contributed by atoms with Crippen LogP contribution in [0.2, 0.25) is 0 Å². The first-order chi connectivity index (χ1) is 9.60. The first-order valence-corrected chi connectivity index (χ1v) is 7.01. The van der Waals surface area contributed by atoms with Crippen molar-refractivity contribution in [3.63, 3.8) is 0 Å². The largest absolute Gasteiger partial charge is 0.436 e. The number of ether oxygens (including phenoxy) is 1. The van der Waals surface area contributed by atoms with Gasteiger partial charge >= 0.3 is 0 Å². The summed E-state index contributed by atoms with van der Waals surface area (Å²) < 4.78 is 7.55. The highest BCUT2D eigenvalue weighted by molar-refractivity contribution is 5.25. The van der Waals surface area contributed by atoms with E-state index < -0.39 is 0 Å². The Kier molecular flexibility index (Phi) is 4.74. The Morgan fingerprint density at radius 3 is 2.60 bits per heavy atom. The van der Waals surface area contributed by atoms with Gasteiger partial charge in [0.05, 0.1) is 12.4 Å². The Bertz CT molecular complexity index is 533. The second-order valence-electron chi connectivity index (χ2n) is 5.06. The van der Waals surface area contributed by atoms with Crippen LogP contribution >= 0.6 is 0 Å². The number of rotatable bonds is 6. The quantitative estimate of drug-likeness (QED) is 0.878. The molecule has 0 radical (unpaired) electrons. The summed E-state index contributed by atoms with van der Waals surface area (Å²) in [6.45, 7) is 9.30. The number of hydrogen-bond donors (Lipinski definition) is 1. The van der Waals surface area contributed by atoms with Crippen LogP contribution in [0.5, 0.6) is 11.6 Å². The molecule has 0 aliphatic carbocycles. The molecule has 0 bridgehead atoms. The smallest absolute Gasteiger partial charge is 0.219 e. The summed E-state index contributed by atoms with van der Waals surface area (Å²) in [5.74, 6) is 1.29. The molecule has 0 saturated carbocycles. The number of nitrogens with one attached hydrogen (secondary N) is 1. The van der Waals surface area contributed by atoms with Gasteiger partial charge in [0.1, 0.15) is 0 Å². The van der Waals surface area contributed by atoms with Crippen LogP contribution in [0.3, 0.4) is 0 Å². The summed E-state index contributed by atoms with van der Waals surface area (Å²) in [4.78, 5) is 4.33. The molecule has 2 aromatic heterocycles. The van der Waals surface area contributed by atoms with Gasteiger partial charge in [-0.15, -0.1) is 0 Å². The molecule has 1 atom stereocenters. The Morgan fingerprint density at radius 1 is 1.25 bits per heavy atom. The maximum atomic E-state index is 5.69. The van der Waals surface area contributed by atoms with E-state index in [1.807, 2.05) is 29.2 Å². The molecular formula is C15H22N4O. The highest BCUT2D eigenvalue weighted by atomic mass is 16.5. The molecule has 2 heterocycles. The van der Waals surface area contributed by atoms with Crippen molar-refractivity contribution < 1.29 is 4.74 Å². The molecule has 5 heteroatoms. The normalized spacial score (nSPS) is 12.7. The zero-order chi connectivity index (χ0) is 14.5. The van der Waals surface area contributed by atoms with Crippen molar-refractivity contribution in [2.45, 2.75) is 39.8 Å². The van der Waals surface area contributed by atoms with Gasteiger partial charge in [-0.3, -0.25) is 4.68 Å². The monoisotopic (exact) mass is 274 g/mol. The van der Waals surface area contributed by atoms with E-state index in [0.29, 0.717) is 23.7 Å². The van der Waals surface area contributed by atoms with Gasteiger partial charge in [-0.1, -0.05) is 13.0 Å². The third-order valence-electron chi connectivity index (χ3n) is 3.10. The van der Waals surface area contributed by atoms with Gasteiger partial charge in [0, 0.05) is 24.3 Å². The predicted octanol–water partition coefficient (Wildman–Crippen LogP) is 3.32. The average molecular weight is 274 g/mol. The van der Waals surface area contributed by atoms with Crippen molar-refractivity contribution in [2.24, 2.45) is 0 Å². The van der Waals surface area contributed by atoms with Crippen molar-refractivity contribution in [3.05, 3.63) is 36.3 Å². The summed E-state index contributed by atoms with van der Waals surface area (Å²) >= 11 is 0. The molecule has 1 unspecified atom stereocenters. The molecule has 5 nitrogen and oxygen atoms in total. The second kappa shape index (κ2) is 6.52. The van der Waals surface area contributed by atoms with E-state index in [-0.39, 0.29) is 0 Å². The second-order valence-corrected chi connectivity index (χ2v) is 5.06. The molecule has 20 heavy (non-hydrogen) atoms. The summed E-state index contributed by atoms with van der Waals surface area (Å²) in [7, 11) is 0.